The van der Waals surface area contributed by atoms with Crippen LogP contribution in [-0.2, 0) is 11.2 Å². The molecule has 0 radical (unpaired) electrons. The van der Waals surface area contributed by atoms with Crippen LogP contribution in [0.25, 0.3) is 0 Å². The van der Waals surface area contributed by atoms with E-state index in [0.29, 0.717) is 17.4 Å². The molecule has 0 fully saturated rings. The van der Waals surface area contributed by atoms with Crippen molar-refractivity contribution in [2.45, 2.75) is 45.6 Å². The molecule has 2 rings (SSSR count). The number of benzene rings is 2. The van der Waals surface area contributed by atoms with E-state index in [4.69, 9.17) is 23.2 Å². The molecule has 0 heterocycles. The van der Waals surface area contributed by atoms with Crippen LogP contribution < -0.4 is 5.32 Å². The Bertz CT molecular complexity index is 680. The zero-order chi connectivity index (χ0) is 18.4. The number of nitrogens with one attached hydrogen (secondary N) is 1. The molecule has 4 heteroatoms. The Hall–Kier alpha value is -1.51. The van der Waals surface area contributed by atoms with Crippen LogP contribution in [0.15, 0.2) is 48.5 Å². The van der Waals surface area contributed by atoms with Crippen LogP contribution in [0, 0.1) is 5.92 Å². The van der Waals surface area contributed by atoms with E-state index in [0.717, 1.165) is 17.0 Å². The van der Waals surface area contributed by atoms with Crippen molar-refractivity contribution in [3.8, 4) is 0 Å². The molecule has 1 N–H and O–H groups in total. The summed E-state index contributed by atoms with van der Waals surface area (Å²) in [6, 6.07) is 15.8. The third-order valence-electron chi connectivity index (χ3n) is 4.25. The summed E-state index contributed by atoms with van der Waals surface area (Å²) < 4.78 is 0. The Morgan fingerprint density at radius 1 is 0.920 bits per heavy atom. The van der Waals surface area contributed by atoms with Gasteiger partial charge in [-0.15, -0.1) is 0 Å². The normalized spacial score (nSPS) is 13.5. The molecule has 0 aliphatic heterocycles. The average molecular weight is 378 g/mol. The minimum absolute atomic E-state index is 0.0168. The van der Waals surface area contributed by atoms with Gasteiger partial charge in [0.05, 0.1) is 0 Å². The summed E-state index contributed by atoms with van der Waals surface area (Å²) in [4.78, 5) is 12.2. The van der Waals surface area contributed by atoms with Crippen molar-refractivity contribution in [3.05, 3.63) is 69.7 Å². The lowest BCUT2D eigenvalue weighted by Gasteiger charge is -2.26. The standard InChI is InChI=1S/C21H25Cl2NO/c1-14(2)12-21(25)24-15(3)20(17-6-10-19(23)11-7-17)13-16-4-8-18(22)9-5-16/h4-11,14-15,20H,12-13H2,1-3H3,(H,24,25)/t15-,20+/m1/s1. The lowest BCUT2D eigenvalue weighted by molar-refractivity contribution is -0.122. The van der Waals surface area contributed by atoms with E-state index in [2.05, 4.69) is 26.1 Å². The molecule has 2 aromatic rings. The summed E-state index contributed by atoms with van der Waals surface area (Å²) >= 11 is 12.0. The van der Waals surface area contributed by atoms with Gasteiger partial charge in [0.25, 0.3) is 0 Å². The molecule has 134 valence electrons. The zero-order valence-corrected chi connectivity index (χ0v) is 16.4. The highest BCUT2D eigenvalue weighted by Crippen LogP contribution is 2.27. The van der Waals surface area contributed by atoms with Gasteiger partial charge in [-0.25, -0.2) is 0 Å². The van der Waals surface area contributed by atoms with E-state index in [1.54, 1.807) is 0 Å². The van der Waals surface area contributed by atoms with Gasteiger partial charge in [0.15, 0.2) is 0 Å². The Morgan fingerprint density at radius 3 is 1.96 bits per heavy atom. The van der Waals surface area contributed by atoms with Crippen LogP contribution >= 0.6 is 23.2 Å². The summed E-state index contributed by atoms with van der Waals surface area (Å²) in [6.45, 7) is 6.16. The molecule has 2 atom stereocenters. The van der Waals surface area contributed by atoms with E-state index in [1.165, 1.54) is 5.56 Å². The maximum Gasteiger partial charge on any atom is 0.220 e. The summed E-state index contributed by atoms with van der Waals surface area (Å²) in [5.41, 5.74) is 2.35. The second kappa shape index (κ2) is 9.26. The summed E-state index contributed by atoms with van der Waals surface area (Å²) in [5, 5.41) is 4.60. The van der Waals surface area contributed by atoms with Gasteiger partial charge in [0.2, 0.25) is 5.91 Å². The third-order valence-corrected chi connectivity index (χ3v) is 4.76. The molecule has 2 nitrogen and oxygen atoms in total. The van der Waals surface area contributed by atoms with E-state index >= 15 is 0 Å². The number of hydrogen-bond acceptors (Lipinski definition) is 1. The molecule has 0 saturated carbocycles. The molecule has 0 spiro atoms. The predicted octanol–water partition coefficient (Wildman–Crippen LogP) is 5.87. The van der Waals surface area contributed by atoms with Gasteiger partial charge in [0, 0.05) is 28.4 Å². The molecule has 0 aliphatic rings. The van der Waals surface area contributed by atoms with Crippen molar-refractivity contribution in [2.24, 2.45) is 5.92 Å². The molecule has 0 bridgehead atoms. The summed E-state index contributed by atoms with van der Waals surface area (Å²) in [6.07, 6.45) is 1.36. The van der Waals surface area contributed by atoms with Crippen molar-refractivity contribution in [1.82, 2.24) is 5.32 Å². The van der Waals surface area contributed by atoms with Gasteiger partial charge in [-0.1, -0.05) is 61.3 Å². The molecular weight excluding hydrogens is 353 g/mol. The minimum atomic E-state index is 0.0168. The minimum Gasteiger partial charge on any atom is -0.353 e. The van der Waals surface area contributed by atoms with Gasteiger partial charge in [-0.2, -0.15) is 0 Å². The van der Waals surface area contributed by atoms with Crippen LogP contribution in [0.5, 0.6) is 0 Å². The third kappa shape index (κ3) is 6.37. The van der Waals surface area contributed by atoms with Crippen LogP contribution in [0.1, 0.15) is 44.2 Å². The van der Waals surface area contributed by atoms with Gasteiger partial charge in [0.1, 0.15) is 0 Å². The van der Waals surface area contributed by atoms with Crippen LogP contribution in [0.4, 0.5) is 0 Å². The molecular formula is C21H25Cl2NO. The fourth-order valence-corrected chi connectivity index (χ4v) is 3.20. The van der Waals surface area contributed by atoms with E-state index < -0.39 is 0 Å². The summed E-state index contributed by atoms with van der Waals surface area (Å²) in [5.74, 6) is 0.601. The first-order chi connectivity index (χ1) is 11.8. The molecule has 0 saturated heterocycles. The van der Waals surface area contributed by atoms with Gasteiger partial charge >= 0.3 is 0 Å². The highest BCUT2D eigenvalue weighted by molar-refractivity contribution is 6.30. The lowest BCUT2D eigenvalue weighted by Crippen LogP contribution is -2.38. The molecule has 0 aromatic heterocycles. The van der Waals surface area contributed by atoms with Crippen molar-refractivity contribution in [1.29, 1.82) is 0 Å². The lowest BCUT2D eigenvalue weighted by atomic mass is 9.86. The molecule has 0 aliphatic carbocycles. The average Bonchev–Trinajstić information content (AvgIpc) is 2.54. The van der Waals surface area contributed by atoms with Crippen molar-refractivity contribution < 1.29 is 4.79 Å². The van der Waals surface area contributed by atoms with Crippen LogP contribution in [0.2, 0.25) is 10.0 Å². The second-order valence-corrected chi connectivity index (χ2v) is 7.82. The fourth-order valence-electron chi connectivity index (χ4n) is 2.95. The molecule has 2 aromatic carbocycles. The van der Waals surface area contributed by atoms with Crippen LogP contribution in [0.3, 0.4) is 0 Å². The van der Waals surface area contributed by atoms with E-state index in [1.807, 2.05) is 48.5 Å². The van der Waals surface area contributed by atoms with Gasteiger partial charge < -0.3 is 5.32 Å². The van der Waals surface area contributed by atoms with Crippen LogP contribution in [-0.4, -0.2) is 11.9 Å². The Kier molecular flexibility index (Phi) is 7.34. The van der Waals surface area contributed by atoms with E-state index in [9.17, 15) is 4.79 Å². The zero-order valence-electron chi connectivity index (χ0n) is 14.9. The summed E-state index contributed by atoms with van der Waals surface area (Å²) in [7, 11) is 0. The Balaban J connectivity index is 2.20. The largest absolute Gasteiger partial charge is 0.353 e. The maximum absolute atomic E-state index is 12.2. The van der Waals surface area contributed by atoms with E-state index in [-0.39, 0.29) is 17.9 Å². The first kappa shape index (κ1) is 19.8. The monoisotopic (exact) mass is 377 g/mol. The SMILES string of the molecule is CC(C)CC(=O)N[C@H](C)[C@H](Cc1ccc(Cl)cc1)c1ccc(Cl)cc1. The molecule has 1 amide bonds. The number of carbonyl (C=O) groups is 1. The topological polar surface area (TPSA) is 29.1 Å². The number of rotatable bonds is 7. The van der Waals surface area contributed by atoms with Gasteiger partial charge in [-0.3, -0.25) is 4.79 Å². The predicted molar refractivity (Wildman–Crippen MR) is 106 cm³/mol. The molecule has 0 unspecified atom stereocenters. The number of hydrogen-bond donors (Lipinski definition) is 1. The highest BCUT2D eigenvalue weighted by atomic mass is 35.5. The number of amides is 1. The highest BCUT2D eigenvalue weighted by Gasteiger charge is 2.22. The smallest absolute Gasteiger partial charge is 0.220 e. The van der Waals surface area contributed by atoms with Crippen molar-refractivity contribution in [3.63, 3.8) is 0 Å². The first-order valence-electron chi connectivity index (χ1n) is 8.64. The van der Waals surface area contributed by atoms with Crippen molar-refractivity contribution >= 4 is 29.1 Å². The second-order valence-electron chi connectivity index (χ2n) is 6.94. The fraction of sp³-hybridized carbons (Fsp3) is 0.381. The quantitative estimate of drug-likeness (QED) is 0.641. The first-order valence-corrected chi connectivity index (χ1v) is 9.40. The molecule has 25 heavy (non-hydrogen) atoms. The Labute approximate surface area is 160 Å². The van der Waals surface area contributed by atoms with Gasteiger partial charge in [-0.05, 0) is 54.7 Å². The Morgan fingerprint density at radius 2 is 1.44 bits per heavy atom. The van der Waals surface area contributed by atoms with Crippen molar-refractivity contribution in [2.75, 3.05) is 0 Å². The number of halogens is 2. The number of carbonyl (C=O) groups excluding carboxylic acids is 1. The maximum atomic E-state index is 12.2.